The van der Waals surface area contributed by atoms with Gasteiger partial charge in [-0.2, -0.15) is 17.2 Å². The third kappa shape index (κ3) is 3.49. The molecule has 6 bridgehead atoms. The molecule has 0 amide bonds. The Morgan fingerprint density at radius 2 is 1.60 bits per heavy atom. The number of hydrogen-bond acceptors (Lipinski definition) is 10. The van der Waals surface area contributed by atoms with Crippen molar-refractivity contribution in [2.75, 3.05) is 6.61 Å². The molecule has 1 aliphatic heterocycles. The predicted molar refractivity (Wildman–Crippen MR) is 109 cm³/mol. The molecule has 6 saturated carbocycles. The van der Waals surface area contributed by atoms with Crippen LogP contribution in [0.3, 0.4) is 0 Å². The maximum absolute atomic E-state index is 13.5. The Hall–Kier alpha value is -1.38. The number of fused-ring (bicyclic) bond motifs is 1. The molecule has 10 nitrogen and oxygen atoms in total. The smallest absolute Gasteiger partial charge is 0.367 e. The molecule has 196 valence electrons. The van der Waals surface area contributed by atoms with Crippen LogP contribution in [-0.2, 0) is 43.5 Å². The first-order chi connectivity index (χ1) is 16.2. The third-order valence-corrected chi connectivity index (χ3v) is 11.9. The van der Waals surface area contributed by atoms with E-state index in [1.807, 2.05) is 0 Å². The van der Waals surface area contributed by atoms with Gasteiger partial charge in [0.15, 0.2) is 16.7 Å². The molecule has 7 rings (SSSR count). The van der Waals surface area contributed by atoms with E-state index < -0.39 is 84.7 Å². The maximum atomic E-state index is 13.5. The summed E-state index contributed by atoms with van der Waals surface area (Å²) in [4.78, 5) is 26.2. The Morgan fingerprint density at radius 1 is 1.03 bits per heavy atom. The van der Waals surface area contributed by atoms with Gasteiger partial charge in [-0.05, 0) is 62.7 Å². The quantitative estimate of drug-likeness (QED) is 0.273. The van der Waals surface area contributed by atoms with Crippen molar-refractivity contribution in [3.63, 3.8) is 0 Å². The number of rotatable bonds is 6. The zero-order valence-electron chi connectivity index (χ0n) is 18.5. The van der Waals surface area contributed by atoms with E-state index in [1.54, 1.807) is 0 Å². The zero-order valence-corrected chi connectivity index (χ0v) is 20.1. The highest BCUT2D eigenvalue weighted by molar-refractivity contribution is 7.87. The second-order valence-electron chi connectivity index (χ2n) is 11.4. The Balaban J connectivity index is 1.22. The summed E-state index contributed by atoms with van der Waals surface area (Å²) in [5.41, 5.74) is -0.631. The normalized spacial score (nSPS) is 46.7. The molecule has 0 radical (unpaired) electrons. The topological polar surface area (TPSA) is 153 Å². The van der Waals surface area contributed by atoms with Gasteiger partial charge >= 0.3 is 17.2 Å². The molecule has 7 aliphatic rings. The monoisotopic (exact) mass is 539 g/mol. The van der Waals surface area contributed by atoms with Gasteiger partial charge in [-0.1, -0.05) is 0 Å². The Bertz CT molecular complexity index is 1150. The molecule has 0 N–H and O–H groups in total. The van der Waals surface area contributed by atoms with Crippen LogP contribution in [0.5, 0.6) is 0 Å². The van der Waals surface area contributed by atoms with Crippen molar-refractivity contribution in [3.8, 4) is 0 Å². The zero-order chi connectivity index (χ0) is 25.1. The van der Waals surface area contributed by atoms with E-state index >= 15 is 0 Å². The van der Waals surface area contributed by atoms with Crippen molar-refractivity contribution >= 4 is 32.2 Å². The fourth-order valence-corrected chi connectivity index (χ4v) is 10.6. The van der Waals surface area contributed by atoms with Gasteiger partial charge in [-0.3, -0.25) is 13.8 Å². The molecule has 1 heterocycles. The number of alkyl halides is 2. The number of carbonyl (C=O) groups excluding carboxylic acids is 2. The molecule has 0 aromatic rings. The molecule has 6 unspecified atom stereocenters. The summed E-state index contributed by atoms with van der Waals surface area (Å²) < 4.78 is 100. The van der Waals surface area contributed by atoms with Gasteiger partial charge in [0.1, 0.15) is 17.5 Å². The first-order valence-corrected chi connectivity index (χ1v) is 14.7. The number of esters is 2. The van der Waals surface area contributed by atoms with Gasteiger partial charge in [0.2, 0.25) is 0 Å². The largest absolute Gasteiger partial charge is 0.743 e. The van der Waals surface area contributed by atoms with Crippen molar-refractivity contribution in [2.45, 2.75) is 67.7 Å². The highest BCUT2D eigenvalue weighted by Crippen LogP contribution is 2.62. The van der Waals surface area contributed by atoms with E-state index in [4.69, 9.17) is 8.92 Å². The Labute approximate surface area is 200 Å². The number of carbonyl (C=O) groups is 2. The van der Waals surface area contributed by atoms with E-state index in [0.29, 0.717) is 17.8 Å². The lowest BCUT2D eigenvalue weighted by Gasteiger charge is -2.55. The first-order valence-electron chi connectivity index (χ1n) is 11.8. The molecule has 0 aromatic carbocycles. The Morgan fingerprint density at radius 3 is 2.14 bits per heavy atom. The molecule has 35 heavy (non-hydrogen) atoms. The lowest BCUT2D eigenvalue weighted by molar-refractivity contribution is -0.186. The Kier molecular flexibility index (Phi) is 5.04. The summed E-state index contributed by atoms with van der Waals surface area (Å²) in [5.74, 6) is -3.41. The maximum Gasteiger partial charge on any atom is 0.367 e. The van der Waals surface area contributed by atoms with Gasteiger partial charge < -0.3 is 14.0 Å². The van der Waals surface area contributed by atoms with Gasteiger partial charge in [-0.25, -0.2) is 8.42 Å². The summed E-state index contributed by atoms with van der Waals surface area (Å²) in [6.07, 6.45) is 3.59. The minimum absolute atomic E-state index is 0.156. The molecule has 0 spiro atoms. The SMILES string of the molecule is O=C(OCC(F)(F)S(=O)(=O)[O-])C1C2CC3C(OS(=O)(=O)C31)C2OC(=O)C12CC3CC(CC(C3)C1)C2. The van der Waals surface area contributed by atoms with Gasteiger partial charge in [0.05, 0.1) is 11.3 Å². The predicted octanol–water partition coefficient (Wildman–Crippen LogP) is 1.16. The average molecular weight is 540 g/mol. The highest BCUT2D eigenvalue weighted by atomic mass is 32.2. The van der Waals surface area contributed by atoms with Crippen LogP contribution in [0.4, 0.5) is 8.78 Å². The standard InChI is InChI=1S/C21H26F2O10S2/c22-21(23,35(28,29)30)8-31-18(24)14-12-4-13-16(33-34(26,27)17(13)14)15(12)32-19(25)20-5-9-1-10(6-20)3-11(2-9)7-20/h9-17H,1-8H2,(H,28,29,30)/p-1. The van der Waals surface area contributed by atoms with Crippen molar-refractivity contribution in [1.29, 1.82) is 0 Å². The highest BCUT2D eigenvalue weighted by Gasteiger charge is 2.72. The minimum atomic E-state index is -6.09. The van der Waals surface area contributed by atoms with E-state index in [9.17, 15) is 39.8 Å². The molecular formula is C21H25F2O10S2-. The van der Waals surface area contributed by atoms with Gasteiger partial charge in [0.25, 0.3) is 10.1 Å². The van der Waals surface area contributed by atoms with Crippen molar-refractivity contribution < 1.29 is 53.4 Å². The molecule has 14 heteroatoms. The van der Waals surface area contributed by atoms with Crippen LogP contribution in [-0.4, -0.2) is 62.6 Å². The van der Waals surface area contributed by atoms with E-state index in [0.717, 1.165) is 38.5 Å². The molecule has 7 fully saturated rings. The average Bonchev–Trinajstić information content (AvgIpc) is 3.33. The summed E-state index contributed by atoms with van der Waals surface area (Å²) in [6.45, 7) is -2.03. The number of ether oxygens (including phenoxy) is 2. The molecular weight excluding hydrogens is 514 g/mol. The van der Waals surface area contributed by atoms with Crippen molar-refractivity contribution in [3.05, 3.63) is 0 Å². The number of halogens is 2. The fourth-order valence-electron chi connectivity index (χ4n) is 8.39. The summed E-state index contributed by atoms with van der Waals surface area (Å²) >= 11 is 0. The summed E-state index contributed by atoms with van der Waals surface area (Å²) in [5, 5.41) is -6.23. The van der Waals surface area contributed by atoms with Crippen LogP contribution in [0, 0.1) is 40.9 Å². The van der Waals surface area contributed by atoms with Gasteiger partial charge in [0, 0.05) is 11.8 Å². The van der Waals surface area contributed by atoms with Crippen LogP contribution in [0.25, 0.3) is 0 Å². The van der Waals surface area contributed by atoms with E-state index in [-0.39, 0.29) is 6.42 Å². The summed E-state index contributed by atoms with van der Waals surface area (Å²) in [7, 11) is -10.4. The fraction of sp³-hybridized carbons (Fsp3) is 0.905. The van der Waals surface area contributed by atoms with Gasteiger partial charge in [-0.15, -0.1) is 0 Å². The molecule has 6 aliphatic carbocycles. The van der Waals surface area contributed by atoms with E-state index in [2.05, 4.69) is 4.74 Å². The van der Waals surface area contributed by atoms with Crippen molar-refractivity contribution in [1.82, 2.24) is 0 Å². The first kappa shape index (κ1) is 24.0. The third-order valence-electron chi connectivity index (χ3n) is 9.26. The lowest BCUT2D eigenvalue weighted by atomic mass is 9.49. The minimum Gasteiger partial charge on any atom is -0.743 e. The van der Waals surface area contributed by atoms with Crippen LogP contribution >= 0.6 is 0 Å². The second kappa shape index (κ2) is 7.35. The second-order valence-corrected chi connectivity index (χ2v) is 14.6. The molecule has 1 saturated heterocycles. The van der Waals surface area contributed by atoms with Crippen LogP contribution in [0.2, 0.25) is 0 Å². The van der Waals surface area contributed by atoms with Crippen LogP contribution in [0.1, 0.15) is 44.9 Å². The lowest BCUT2D eigenvalue weighted by Crippen LogP contribution is -2.53. The summed E-state index contributed by atoms with van der Waals surface area (Å²) in [6, 6.07) is 0. The van der Waals surface area contributed by atoms with E-state index in [1.165, 1.54) is 0 Å². The molecule has 0 aromatic heterocycles. The molecule has 6 atom stereocenters. The van der Waals surface area contributed by atoms with Crippen LogP contribution in [0.15, 0.2) is 0 Å². The number of hydrogen-bond donors (Lipinski definition) is 0. The van der Waals surface area contributed by atoms with Crippen LogP contribution < -0.4 is 0 Å². The van der Waals surface area contributed by atoms with Crippen molar-refractivity contribution in [2.24, 2.45) is 40.9 Å².